The molecule has 0 nitrogen and oxygen atoms in total. The maximum Gasteiger partial charge on any atom is -0.0320 e. The Morgan fingerprint density at radius 1 is 0.900 bits per heavy atom. The van der Waals surface area contributed by atoms with Crippen LogP contribution in [0.3, 0.4) is 0 Å². The van der Waals surface area contributed by atoms with E-state index in [2.05, 4.69) is 13.0 Å². The van der Waals surface area contributed by atoms with Crippen LogP contribution in [-0.2, 0) is 0 Å². The summed E-state index contributed by atoms with van der Waals surface area (Å²) in [5, 5.41) is 0. The van der Waals surface area contributed by atoms with Crippen molar-refractivity contribution in [1.82, 2.24) is 0 Å². The van der Waals surface area contributed by atoms with Crippen molar-refractivity contribution >= 4 is 0 Å². The van der Waals surface area contributed by atoms with Gasteiger partial charge >= 0.3 is 0 Å². The highest BCUT2D eigenvalue weighted by atomic mass is 14.1. The second-order valence-electron chi connectivity index (χ2n) is 3.21. The van der Waals surface area contributed by atoms with E-state index < -0.39 is 0 Å². The third-order valence-electron chi connectivity index (χ3n) is 2.40. The molecule has 1 saturated carbocycles. The van der Waals surface area contributed by atoms with Crippen molar-refractivity contribution in [3.8, 4) is 0 Å². The maximum atomic E-state index is 2.31. The first-order valence-corrected chi connectivity index (χ1v) is 4.57. The van der Waals surface area contributed by atoms with Gasteiger partial charge in [0.1, 0.15) is 0 Å². The smallest absolute Gasteiger partial charge is 0.0320 e. The minimum Gasteiger partial charge on any atom is -0.0885 e. The Labute approximate surface area is 64.3 Å². The fourth-order valence-corrected chi connectivity index (χ4v) is 1.65. The van der Waals surface area contributed by atoms with Gasteiger partial charge in [0.25, 0.3) is 0 Å². The molecule has 0 aromatic heterocycles. The van der Waals surface area contributed by atoms with Crippen LogP contribution in [-0.4, -0.2) is 0 Å². The molecule has 10 heavy (non-hydrogen) atoms. The first kappa shape index (κ1) is 7.84. The SMILES string of the molecule is CC=C1CCCCCCC1. The summed E-state index contributed by atoms with van der Waals surface area (Å²) < 4.78 is 0. The average molecular weight is 138 g/mol. The van der Waals surface area contributed by atoms with Crippen LogP contribution in [0.5, 0.6) is 0 Å². The Kier molecular flexibility index (Phi) is 3.56. The summed E-state index contributed by atoms with van der Waals surface area (Å²) in [6.07, 6.45) is 12.3. The fraction of sp³-hybridized carbons (Fsp3) is 0.800. The van der Waals surface area contributed by atoms with Gasteiger partial charge in [0, 0.05) is 0 Å². The monoisotopic (exact) mass is 138 g/mol. The van der Waals surface area contributed by atoms with E-state index in [9.17, 15) is 0 Å². The van der Waals surface area contributed by atoms with Crippen molar-refractivity contribution < 1.29 is 0 Å². The Morgan fingerprint density at radius 3 is 1.90 bits per heavy atom. The van der Waals surface area contributed by atoms with Crippen molar-refractivity contribution in [1.29, 1.82) is 0 Å². The second-order valence-corrected chi connectivity index (χ2v) is 3.21. The van der Waals surface area contributed by atoms with Crippen molar-refractivity contribution in [3.63, 3.8) is 0 Å². The predicted octanol–water partition coefficient (Wildman–Crippen LogP) is 3.68. The number of hydrogen-bond donors (Lipinski definition) is 0. The van der Waals surface area contributed by atoms with Gasteiger partial charge in [0.05, 0.1) is 0 Å². The lowest BCUT2D eigenvalue weighted by Crippen LogP contribution is -1.90. The zero-order valence-corrected chi connectivity index (χ0v) is 7.03. The summed E-state index contributed by atoms with van der Waals surface area (Å²) >= 11 is 0. The highest BCUT2D eigenvalue weighted by Crippen LogP contribution is 2.20. The summed E-state index contributed by atoms with van der Waals surface area (Å²) in [4.78, 5) is 0. The molecule has 1 fully saturated rings. The Balaban J connectivity index is 2.30. The lowest BCUT2D eigenvalue weighted by Gasteiger charge is -2.10. The topological polar surface area (TPSA) is 0 Å². The molecule has 58 valence electrons. The van der Waals surface area contributed by atoms with Crippen LogP contribution in [0.1, 0.15) is 51.9 Å². The number of rotatable bonds is 0. The Bertz CT molecular complexity index is 101. The number of allylic oxidation sites excluding steroid dienone is 2. The number of hydrogen-bond acceptors (Lipinski definition) is 0. The van der Waals surface area contributed by atoms with E-state index >= 15 is 0 Å². The molecule has 1 rings (SSSR count). The highest BCUT2D eigenvalue weighted by Gasteiger charge is 2.00. The van der Waals surface area contributed by atoms with Crippen LogP contribution in [0.2, 0.25) is 0 Å². The van der Waals surface area contributed by atoms with Crippen LogP contribution in [0, 0.1) is 0 Å². The molecule has 0 aromatic rings. The molecule has 0 bridgehead atoms. The van der Waals surface area contributed by atoms with Crippen molar-refractivity contribution in [2.75, 3.05) is 0 Å². The molecule has 0 saturated heterocycles. The van der Waals surface area contributed by atoms with Gasteiger partial charge < -0.3 is 0 Å². The molecule has 0 N–H and O–H groups in total. The lowest BCUT2D eigenvalue weighted by molar-refractivity contribution is 0.568. The highest BCUT2D eigenvalue weighted by molar-refractivity contribution is 5.00. The average Bonchev–Trinajstić information content (AvgIpc) is 1.87. The molecule has 0 aliphatic heterocycles. The van der Waals surface area contributed by atoms with E-state index in [1.807, 2.05) is 0 Å². The third kappa shape index (κ3) is 2.55. The second kappa shape index (κ2) is 4.54. The van der Waals surface area contributed by atoms with Gasteiger partial charge in [0.15, 0.2) is 0 Å². The quantitative estimate of drug-likeness (QED) is 0.448. The van der Waals surface area contributed by atoms with E-state index in [4.69, 9.17) is 0 Å². The van der Waals surface area contributed by atoms with Gasteiger partial charge in [0.2, 0.25) is 0 Å². The third-order valence-corrected chi connectivity index (χ3v) is 2.40. The molecule has 0 heteroatoms. The molecule has 0 radical (unpaired) electrons. The molecule has 0 heterocycles. The zero-order valence-electron chi connectivity index (χ0n) is 7.03. The van der Waals surface area contributed by atoms with Crippen LogP contribution in [0.15, 0.2) is 11.6 Å². The van der Waals surface area contributed by atoms with Crippen molar-refractivity contribution in [3.05, 3.63) is 11.6 Å². The molecule has 0 spiro atoms. The maximum absolute atomic E-state index is 2.31. The predicted molar refractivity (Wildman–Crippen MR) is 46.1 cm³/mol. The van der Waals surface area contributed by atoms with Gasteiger partial charge in [-0.25, -0.2) is 0 Å². The molecule has 1 aliphatic rings. The summed E-state index contributed by atoms with van der Waals surface area (Å²) in [6.45, 7) is 2.18. The van der Waals surface area contributed by atoms with Gasteiger partial charge in [-0.3, -0.25) is 0 Å². The Hall–Kier alpha value is -0.260. The van der Waals surface area contributed by atoms with Crippen LogP contribution in [0.4, 0.5) is 0 Å². The van der Waals surface area contributed by atoms with Crippen LogP contribution < -0.4 is 0 Å². The Morgan fingerprint density at radius 2 is 1.40 bits per heavy atom. The van der Waals surface area contributed by atoms with E-state index in [1.54, 1.807) is 5.57 Å². The van der Waals surface area contributed by atoms with Gasteiger partial charge in [-0.05, 0) is 32.6 Å². The minimum absolute atomic E-state index is 1.37. The lowest BCUT2D eigenvalue weighted by atomic mass is 9.96. The van der Waals surface area contributed by atoms with Gasteiger partial charge in [-0.15, -0.1) is 0 Å². The normalized spacial score (nSPS) is 21.5. The van der Waals surface area contributed by atoms with Gasteiger partial charge in [-0.2, -0.15) is 0 Å². The van der Waals surface area contributed by atoms with E-state index in [-0.39, 0.29) is 0 Å². The van der Waals surface area contributed by atoms with E-state index in [0.29, 0.717) is 0 Å². The summed E-state index contributed by atoms with van der Waals surface area (Å²) in [7, 11) is 0. The first-order valence-electron chi connectivity index (χ1n) is 4.57. The van der Waals surface area contributed by atoms with E-state index in [0.717, 1.165) is 0 Å². The molecular formula is C10H18. The van der Waals surface area contributed by atoms with E-state index in [1.165, 1.54) is 44.9 Å². The van der Waals surface area contributed by atoms with Gasteiger partial charge in [-0.1, -0.05) is 30.9 Å². The molecule has 0 unspecified atom stereocenters. The summed E-state index contributed by atoms with van der Waals surface area (Å²) in [5.74, 6) is 0. The standard InChI is InChI=1S/C10H18/c1-2-10-8-6-4-3-5-7-9-10/h2H,3-9H2,1H3. The molecular weight excluding hydrogens is 120 g/mol. The largest absolute Gasteiger partial charge is 0.0885 e. The van der Waals surface area contributed by atoms with Crippen molar-refractivity contribution in [2.45, 2.75) is 51.9 Å². The molecule has 0 aromatic carbocycles. The molecule has 1 aliphatic carbocycles. The zero-order chi connectivity index (χ0) is 7.23. The van der Waals surface area contributed by atoms with Crippen LogP contribution in [0.25, 0.3) is 0 Å². The van der Waals surface area contributed by atoms with Crippen LogP contribution >= 0.6 is 0 Å². The molecule has 0 amide bonds. The van der Waals surface area contributed by atoms with Crippen molar-refractivity contribution in [2.24, 2.45) is 0 Å². The summed E-state index contributed by atoms with van der Waals surface area (Å²) in [5.41, 5.74) is 1.69. The first-order chi connectivity index (χ1) is 4.93. The fourth-order valence-electron chi connectivity index (χ4n) is 1.65. The summed E-state index contributed by atoms with van der Waals surface area (Å²) in [6, 6.07) is 0. The molecule has 0 atom stereocenters. The minimum atomic E-state index is 1.37.